The molecule has 7 aromatic rings. The van der Waals surface area contributed by atoms with Crippen molar-refractivity contribution < 1.29 is 9.21 Å². The molecule has 0 saturated heterocycles. The zero-order valence-electron chi connectivity index (χ0n) is 22.5. The highest BCUT2D eigenvalue weighted by atomic mass is 35.5. The highest BCUT2D eigenvalue weighted by molar-refractivity contribution is 6.09. The molecule has 0 aliphatic rings. The lowest BCUT2D eigenvalue weighted by Crippen LogP contribution is -2.20. The lowest BCUT2D eigenvalue weighted by atomic mass is 10.1. The maximum Gasteiger partial charge on any atom is 0.255 e. The van der Waals surface area contributed by atoms with Gasteiger partial charge in [-0.05, 0) is 72.8 Å². The molecule has 1 amide bonds. The molecule has 212 valence electrons. The standard InChI is InChI=1S/C32H24N8O2.ClH/c33-31(34)37-21-10-8-19(9-11-21)30(41)36-20-12-14-22(15-13-20)38-32-39-27(18-23-16-17-35-40(23)32)26-6-3-5-25-24-4-1-2-7-28(24)42-29(25)26;/h1-18H,(H,36,41)(H,38,39)(H4,33,34,37);1H. The number of nitrogens with two attached hydrogens (primary N) is 1. The summed E-state index contributed by atoms with van der Waals surface area (Å²) in [7, 11) is 0. The number of hydrogen-bond donors (Lipinski definition) is 5. The highest BCUT2D eigenvalue weighted by Gasteiger charge is 2.15. The number of benzene rings is 4. The Labute approximate surface area is 251 Å². The van der Waals surface area contributed by atoms with Crippen LogP contribution in [-0.2, 0) is 0 Å². The molecule has 0 aliphatic heterocycles. The molecule has 3 aromatic heterocycles. The molecule has 6 N–H and O–H groups in total. The Morgan fingerprint density at radius 2 is 1.51 bits per heavy atom. The minimum Gasteiger partial charge on any atom is -0.455 e. The van der Waals surface area contributed by atoms with E-state index >= 15 is 0 Å². The van der Waals surface area contributed by atoms with Gasteiger partial charge in [0.15, 0.2) is 5.96 Å². The Hall–Kier alpha value is -5.87. The first-order chi connectivity index (χ1) is 20.5. The third kappa shape index (κ3) is 5.30. The van der Waals surface area contributed by atoms with Crippen LogP contribution < -0.4 is 21.7 Å². The van der Waals surface area contributed by atoms with Crippen molar-refractivity contribution in [2.45, 2.75) is 0 Å². The number of hydrogen-bond acceptors (Lipinski definition) is 6. The van der Waals surface area contributed by atoms with E-state index in [-0.39, 0.29) is 24.3 Å². The number of amides is 1. The zero-order valence-corrected chi connectivity index (χ0v) is 23.4. The normalized spacial score (nSPS) is 10.9. The summed E-state index contributed by atoms with van der Waals surface area (Å²) in [5.41, 5.74) is 12.0. The fourth-order valence-electron chi connectivity index (χ4n) is 4.93. The first-order valence-corrected chi connectivity index (χ1v) is 13.2. The van der Waals surface area contributed by atoms with Gasteiger partial charge in [-0.25, -0.2) is 9.50 Å². The number of nitrogens with one attached hydrogen (secondary N) is 4. The van der Waals surface area contributed by atoms with E-state index in [0.29, 0.717) is 22.9 Å². The molecule has 0 radical (unpaired) electrons. The molecule has 0 fully saturated rings. The van der Waals surface area contributed by atoms with Crippen LogP contribution in [0.15, 0.2) is 114 Å². The first kappa shape index (κ1) is 27.3. The van der Waals surface area contributed by atoms with Crippen LogP contribution in [0.4, 0.5) is 23.0 Å². The lowest BCUT2D eigenvalue weighted by molar-refractivity contribution is 0.102. The van der Waals surface area contributed by atoms with Crippen LogP contribution in [0.5, 0.6) is 0 Å². The number of furan rings is 1. The van der Waals surface area contributed by atoms with Crippen molar-refractivity contribution in [2.75, 3.05) is 16.0 Å². The summed E-state index contributed by atoms with van der Waals surface area (Å²) >= 11 is 0. The van der Waals surface area contributed by atoms with E-state index < -0.39 is 0 Å². The molecule has 0 saturated carbocycles. The topological polar surface area (TPSA) is 146 Å². The molecule has 3 heterocycles. The molecule has 10 nitrogen and oxygen atoms in total. The molecule has 11 heteroatoms. The monoisotopic (exact) mass is 588 g/mol. The number of carbonyl (C=O) groups excluding carboxylic acids is 1. The van der Waals surface area contributed by atoms with Gasteiger partial charge in [0.1, 0.15) is 11.2 Å². The predicted octanol–water partition coefficient (Wildman–Crippen LogP) is 7.02. The molecule has 0 aliphatic carbocycles. The van der Waals surface area contributed by atoms with Crippen molar-refractivity contribution in [3.8, 4) is 11.3 Å². The van der Waals surface area contributed by atoms with E-state index in [2.05, 4.69) is 33.2 Å². The van der Waals surface area contributed by atoms with Crippen LogP contribution in [0.2, 0.25) is 0 Å². The molecular weight excluding hydrogens is 564 g/mol. The first-order valence-electron chi connectivity index (χ1n) is 13.2. The van der Waals surface area contributed by atoms with E-state index in [1.54, 1.807) is 35.0 Å². The van der Waals surface area contributed by atoms with E-state index in [1.165, 1.54) is 0 Å². The van der Waals surface area contributed by atoms with Gasteiger partial charge in [0, 0.05) is 39.0 Å². The molecule has 0 spiro atoms. The summed E-state index contributed by atoms with van der Waals surface area (Å²) in [4.78, 5) is 17.6. The molecule has 0 unspecified atom stereocenters. The number of nitrogens with zero attached hydrogens (tertiary/aromatic N) is 3. The Kier molecular flexibility index (Phi) is 7.10. The summed E-state index contributed by atoms with van der Waals surface area (Å²) in [6.45, 7) is 0. The number of para-hydroxylation sites is 2. The maximum absolute atomic E-state index is 12.7. The minimum atomic E-state index is -0.252. The molecule has 0 bridgehead atoms. The molecular formula is C32H25ClN8O2. The SMILES string of the molecule is Cl.N=C(N)Nc1ccc(C(=O)Nc2ccc(Nc3nc(-c4cccc5c4oc4ccccc45)cc4ccnn34)cc2)cc1. The highest BCUT2D eigenvalue weighted by Crippen LogP contribution is 2.36. The fraction of sp³-hybridized carbons (Fsp3) is 0. The van der Waals surface area contributed by atoms with Crippen molar-refractivity contribution in [1.29, 1.82) is 5.41 Å². The van der Waals surface area contributed by atoms with E-state index in [1.807, 2.05) is 66.7 Å². The maximum atomic E-state index is 12.7. The second kappa shape index (κ2) is 11.2. The van der Waals surface area contributed by atoms with Gasteiger partial charge in [-0.2, -0.15) is 5.10 Å². The average molecular weight is 589 g/mol. The molecule has 0 atom stereocenters. The largest absolute Gasteiger partial charge is 0.455 e. The summed E-state index contributed by atoms with van der Waals surface area (Å²) in [5.74, 6) is 0.119. The van der Waals surface area contributed by atoms with Crippen molar-refractivity contribution in [3.05, 3.63) is 115 Å². The van der Waals surface area contributed by atoms with Crippen molar-refractivity contribution in [1.82, 2.24) is 14.6 Å². The third-order valence-electron chi connectivity index (χ3n) is 6.89. The quantitative estimate of drug-likeness (QED) is 0.104. The Balaban J connectivity index is 0.00000329. The van der Waals surface area contributed by atoms with Gasteiger partial charge >= 0.3 is 0 Å². The van der Waals surface area contributed by atoms with Gasteiger partial charge in [0.2, 0.25) is 5.95 Å². The zero-order chi connectivity index (χ0) is 28.6. The predicted molar refractivity (Wildman–Crippen MR) is 173 cm³/mol. The van der Waals surface area contributed by atoms with E-state index in [0.717, 1.165) is 44.4 Å². The third-order valence-corrected chi connectivity index (χ3v) is 6.89. The summed E-state index contributed by atoms with van der Waals surface area (Å²) in [6.07, 6.45) is 1.73. The van der Waals surface area contributed by atoms with Crippen LogP contribution >= 0.6 is 12.4 Å². The minimum absolute atomic E-state index is 0. The Morgan fingerprint density at radius 3 is 2.30 bits per heavy atom. The average Bonchev–Trinajstić information content (AvgIpc) is 3.63. The van der Waals surface area contributed by atoms with Crippen LogP contribution in [0.25, 0.3) is 38.7 Å². The van der Waals surface area contributed by atoms with Gasteiger partial charge in [-0.15, -0.1) is 12.4 Å². The van der Waals surface area contributed by atoms with Gasteiger partial charge < -0.3 is 26.1 Å². The van der Waals surface area contributed by atoms with Gasteiger partial charge in [0.05, 0.1) is 17.4 Å². The van der Waals surface area contributed by atoms with Crippen LogP contribution in [0.3, 0.4) is 0 Å². The van der Waals surface area contributed by atoms with Crippen molar-refractivity contribution in [2.24, 2.45) is 5.73 Å². The van der Waals surface area contributed by atoms with Crippen LogP contribution in [0.1, 0.15) is 10.4 Å². The Bertz CT molecular complexity index is 2120. The lowest BCUT2D eigenvalue weighted by Gasteiger charge is -2.12. The summed E-state index contributed by atoms with van der Waals surface area (Å²) in [6, 6.07) is 32.0. The van der Waals surface area contributed by atoms with Gasteiger partial charge in [-0.3, -0.25) is 10.2 Å². The summed E-state index contributed by atoms with van der Waals surface area (Å²) < 4.78 is 7.99. The van der Waals surface area contributed by atoms with E-state index in [9.17, 15) is 4.79 Å². The molecule has 4 aromatic carbocycles. The second-order valence-corrected chi connectivity index (χ2v) is 9.69. The molecule has 43 heavy (non-hydrogen) atoms. The number of guanidine groups is 1. The van der Waals surface area contributed by atoms with Crippen LogP contribution in [0, 0.1) is 5.41 Å². The number of aromatic nitrogens is 3. The van der Waals surface area contributed by atoms with Crippen LogP contribution in [-0.4, -0.2) is 26.5 Å². The fourth-order valence-corrected chi connectivity index (χ4v) is 4.93. The number of fused-ring (bicyclic) bond motifs is 4. The number of carbonyl (C=O) groups is 1. The number of rotatable bonds is 6. The number of halogens is 1. The van der Waals surface area contributed by atoms with Gasteiger partial charge in [-0.1, -0.05) is 30.3 Å². The van der Waals surface area contributed by atoms with E-state index in [4.69, 9.17) is 20.5 Å². The molecule has 7 rings (SSSR count). The summed E-state index contributed by atoms with van der Waals surface area (Å²) in [5, 5.41) is 22.8. The van der Waals surface area contributed by atoms with Crippen molar-refractivity contribution in [3.63, 3.8) is 0 Å². The van der Waals surface area contributed by atoms with Gasteiger partial charge in [0.25, 0.3) is 5.91 Å². The number of anilines is 4. The Morgan fingerprint density at radius 1 is 0.814 bits per heavy atom. The second-order valence-electron chi connectivity index (χ2n) is 9.69. The van der Waals surface area contributed by atoms with Crippen molar-refractivity contribution >= 4 is 74.7 Å². The smallest absolute Gasteiger partial charge is 0.255 e.